The number of hydrogen-bond donors (Lipinski definition) is 12. The number of phenols is 2. The number of fused-ring (bicyclic) bond motifs is 3. The van der Waals surface area contributed by atoms with Gasteiger partial charge >= 0.3 is 6.09 Å². The Morgan fingerprint density at radius 2 is 1.48 bits per heavy atom. The fraction of sp³-hybridized carbons (Fsp3) is 0.550. The molecule has 2 aliphatic heterocycles. The van der Waals surface area contributed by atoms with Crippen LogP contribution in [0.15, 0.2) is 42.5 Å². The summed E-state index contributed by atoms with van der Waals surface area (Å²) in [5.74, 6) is -6.91. The van der Waals surface area contributed by atoms with Crippen LogP contribution in [0.25, 0.3) is 0 Å². The molecule has 0 spiro atoms. The quantitative estimate of drug-likeness (QED) is 0.0314. The molecule has 0 unspecified atom stereocenters. The van der Waals surface area contributed by atoms with Gasteiger partial charge in [0.15, 0.2) is 17.9 Å². The first kappa shape index (κ1) is 65.9. The zero-order valence-electron chi connectivity index (χ0n) is 49.0. The van der Waals surface area contributed by atoms with Crippen LogP contribution in [0.3, 0.4) is 0 Å². The van der Waals surface area contributed by atoms with E-state index in [2.05, 4.69) is 26.6 Å². The molecule has 4 aliphatic rings. The summed E-state index contributed by atoms with van der Waals surface area (Å²) in [6, 6.07) is 5.49. The normalized spacial score (nSPS) is 22.5. The summed E-state index contributed by atoms with van der Waals surface area (Å²) in [4.78, 5) is 124. The van der Waals surface area contributed by atoms with Crippen LogP contribution in [-0.2, 0) is 56.0 Å². The van der Waals surface area contributed by atoms with Gasteiger partial charge in [0.05, 0.1) is 42.0 Å². The molecule has 2 aliphatic carbocycles. The largest absolute Gasteiger partial charge is 0.507 e. The number of hydrogen-bond acceptors (Lipinski definition) is 20. The molecule has 86 heavy (non-hydrogen) atoms. The third kappa shape index (κ3) is 15.1. The molecule has 3 aromatic rings. The summed E-state index contributed by atoms with van der Waals surface area (Å²) in [5, 5.41) is 70.2. The number of unbranched alkanes of at least 4 members (excludes halogenated alkanes) is 2. The van der Waals surface area contributed by atoms with Crippen molar-refractivity contribution in [3.8, 4) is 17.2 Å². The van der Waals surface area contributed by atoms with Crippen molar-refractivity contribution in [2.75, 3.05) is 38.7 Å². The van der Waals surface area contributed by atoms with Gasteiger partial charge < -0.3 is 87.4 Å². The number of nitrogens with two attached hydrogens (primary N) is 2. The molecule has 6 amide bonds. The van der Waals surface area contributed by atoms with E-state index in [1.165, 1.54) is 44.1 Å². The molecule has 2 heterocycles. The molecule has 2 saturated heterocycles. The number of likely N-dealkylation sites (tertiary alicyclic amines) is 1. The zero-order chi connectivity index (χ0) is 62.7. The summed E-state index contributed by atoms with van der Waals surface area (Å²) in [6.07, 6.45) is -4.03. The molecule has 3 aromatic carbocycles. The van der Waals surface area contributed by atoms with Crippen LogP contribution in [0.4, 0.5) is 10.5 Å². The number of nitrogens with zero attached hydrogens (tertiary/aromatic N) is 1. The molecule has 26 nitrogen and oxygen atoms in total. The number of aliphatic hydroxyl groups excluding tert-OH is 2. The molecule has 2 fully saturated rings. The van der Waals surface area contributed by atoms with E-state index in [4.69, 9.17) is 30.4 Å². The molecule has 0 bridgehead atoms. The van der Waals surface area contributed by atoms with Crippen molar-refractivity contribution >= 4 is 58.7 Å². The highest BCUT2D eigenvalue weighted by molar-refractivity contribution is 6.31. The number of nitrogens with one attached hydrogen (secondary N) is 5. The Balaban J connectivity index is 0.983. The van der Waals surface area contributed by atoms with Crippen LogP contribution >= 0.6 is 0 Å². The van der Waals surface area contributed by atoms with E-state index >= 15 is 0 Å². The number of benzene rings is 3. The van der Waals surface area contributed by atoms with Gasteiger partial charge in [-0.2, -0.15) is 0 Å². The van der Waals surface area contributed by atoms with Crippen molar-refractivity contribution in [1.82, 2.24) is 26.2 Å². The zero-order valence-corrected chi connectivity index (χ0v) is 49.0. The lowest BCUT2D eigenvalue weighted by atomic mass is 9.72. The number of anilines is 1. The standard InChI is InChI=1S/C60H80N8O18/c1-30(2)24-40(66-56(78)38(14-7-9-22-62)65-58(80)41-15-11-23-68(41)32(4)70)57(79)64-37(13-6-8-21-61)55(77)63-34-19-17-33(18-20-34)29-84-59(81)67-39-25-45(85-31(3)50(39)72)86-43-27-60(82,44(71)28-69)26-36-47(43)54(76)49-48(52(36)74)51(73)35-12-10-16-42(83-5)46(35)53(49)75/h10,12,16-20,30-31,37-41,43,45,50,69,72,74,76,82H,6-9,11,13-15,21-29,61-62H2,1-5H3,(H,63,77)(H,64,79)(H,65,80)(H,66,78)(H,67,81)/t31-,37-,38-,39-,40-,41-,43-,45-,50+,60-/m0/s1. The number of carbonyl (C=O) groups is 9. The van der Waals surface area contributed by atoms with E-state index < -0.39 is 150 Å². The van der Waals surface area contributed by atoms with Gasteiger partial charge in [-0.1, -0.05) is 38.1 Å². The monoisotopic (exact) mass is 1200 g/mol. The summed E-state index contributed by atoms with van der Waals surface area (Å²) in [6.45, 7) is 6.32. The van der Waals surface area contributed by atoms with Gasteiger partial charge in [-0.05, 0) is 107 Å². The SMILES string of the molecule is COc1cccc2c1C(=O)c1c(O)c3c(c(O)c1C2=O)C[C@@](O)(C(=O)CO)C[C@@H]3O[C@H]1C[C@H](NC(=O)OCc2ccc(NC(=O)[C@H](CCCCN)NC(=O)[C@H](CC(C)C)NC(=O)[C@H](CCCCN)NC(=O)[C@@H]3CCCN3C(C)=O)cc2)[C@H](O)[C@H](C)O1. The van der Waals surface area contributed by atoms with Crippen molar-refractivity contribution in [1.29, 1.82) is 0 Å². The van der Waals surface area contributed by atoms with Crippen LogP contribution < -0.4 is 42.8 Å². The first-order valence-electron chi connectivity index (χ1n) is 29.1. The van der Waals surface area contributed by atoms with E-state index in [0.717, 1.165) is 0 Å². The lowest BCUT2D eigenvalue weighted by molar-refractivity contribution is -0.249. The molecule has 0 radical (unpaired) electrons. The second kappa shape index (κ2) is 29.2. The number of rotatable bonds is 26. The molecule has 0 aromatic heterocycles. The minimum Gasteiger partial charge on any atom is -0.507 e. The molecule has 14 N–H and O–H groups in total. The maximum absolute atomic E-state index is 14.1. The highest BCUT2D eigenvalue weighted by Crippen LogP contribution is 2.52. The topological polar surface area (TPSA) is 407 Å². The molecule has 10 atom stereocenters. The number of amides is 6. The Hall–Kier alpha value is -7.59. The first-order valence-corrected chi connectivity index (χ1v) is 29.1. The Morgan fingerprint density at radius 1 is 0.837 bits per heavy atom. The molecule has 468 valence electrons. The third-order valence-electron chi connectivity index (χ3n) is 16.1. The summed E-state index contributed by atoms with van der Waals surface area (Å²) in [7, 11) is 1.29. The van der Waals surface area contributed by atoms with E-state index in [1.54, 1.807) is 24.3 Å². The second-order valence-corrected chi connectivity index (χ2v) is 22.8. The van der Waals surface area contributed by atoms with E-state index in [1.807, 2.05) is 13.8 Å². The van der Waals surface area contributed by atoms with Crippen LogP contribution in [0.1, 0.15) is 153 Å². The Kier molecular flexibility index (Phi) is 22.4. The average Bonchev–Trinajstić information content (AvgIpc) is 1.05. The molecule has 0 saturated carbocycles. The lowest BCUT2D eigenvalue weighted by Crippen LogP contribution is -2.58. The third-order valence-corrected chi connectivity index (χ3v) is 16.1. The summed E-state index contributed by atoms with van der Waals surface area (Å²) >= 11 is 0. The summed E-state index contributed by atoms with van der Waals surface area (Å²) in [5.41, 5.74) is 7.90. The first-order chi connectivity index (χ1) is 40.9. The van der Waals surface area contributed by atoms with Gasteiger partial charge in [-0.15, -0.1) is 0 Å². The predicted octanol–water partition coefficient (Wildman–Crippen LogP) is 1.68. The molecule has 7 rings (SSSR count). The maximum atomic E-state index is 14.1. The average molecular weight is 1200 g/mol. The number of ketones is 3. The fourth-order valence-electron chi connectivity index (χ4n) is 11.6. The molecule has 26 heteroatoms. The number of carbonyl (C=O) groups excluding carboxylic acids is 9. The number of aliphatic hydroxyl groups is 3. The predicted molar refractivity (Wildman–Crippen MR) is 307 cm³/mol. The number of phenolic OH excluding ortho intramolecular Hbond substituents is 2. The number of aromatic hydroxyl groups is 2. The van der Waals surface area contributed by atoms with Crippen LogP contribution in [0, 0.1) is 5.92 Å². The summed E-state index contributed by atoms with van der Waals surface area (Å²) < 4.78 is 23.1. The number of alkyl carbamates (subject to hydrolysis) is 1. The van der Waals surface area contributed by atoms with Crippen LogP contribution in [0.2, 0.25) is 0 Å². The lowest BCUT2D eigenvalue weighted by Gasteiger charge is -2.42. The van der Waals surface area contributed by atoms with Gasteiger partial charge in [-0.3, -0.25) is 38.4 Å². The highest BCUT2D eigenvalue weighted by atomic mass is 16.7. The van der Waals surface area contributed by atoms with Gasteiger partial charge in [0.2, 0.25) is 35.3 Å². The fourth-order valence-corrected chi connectivity index (χ4v) is 11.6. The van der Waals surface area contributed by atoms with Crippen LogP contribution in [-0.4, -0.2) is 171 Å². The van der Waals surface area contributed by atoms with E-state index in [0.29, 0.717) is 69.4 Å². The van der Waals surface area contributed by atoms with Crippen LogP contribution in [0.5, 0.6) is 17.2 Å². The van der Waals surface area contributed by atoms with Gasteiger partial charge in [0, 0.05) is 55.1 Å². The van der Waals surface area contributed by atoms with E-state index in [9.17, 15) is 68.7 Å². The van der Waals surface area contributed by atoms with E-state index in [-0.39, 0.29) is 72.1 Å². The van der Waals surface area contributed by atoms with Crippen molar-refractivity contribution in [2.45, 2.75) is 172 Å². The number of ether oxygens (including phenoxy) is 4. The van der Waals surface area contributed by atoms with Gasteiger partial charge in [0.25, 0.3) is 0 Å². The van der Waals surface area contributed by atoms with Crippen molar-refractivity contribution < 1.29 is 87.6 Å². The van der Waals surface area contributed by atoms with Gasteiger partial charge in [0.1, 0.15) is 66.3 Å². The molecular weight excluding hydrogens is 1120 g/mol. The second-order valence-electron chi connectivity index (χ2n) is 22.8. The Bertz CT molecular complexity index is 3030. The Labute approximate surface area is 497 Å². The number of methoxy groups -OCH3 is 1. The number of Topliss-reactive ketones (excluding diaryl/α,β-unsaturated/α-hetero) is 1. The minimum absolute atomic E-state index is 0.0241. The smallest absolute Gasteiger partial charge is 0.407 e. The van der Waals surface area contributed by atoms with Crippen molar-refractivity contribution in [3.63, 3.8) is 0 Å². The van der Waals surface area contributed by atoms with Crippen molar-refractivity contribution in [3.05, 3.63) is 81.4 Å². The molecular formula is C60H80N8O18. The Morgan fingerprint density at radius 3 is 2.10 bits per heavy atom. The highest BCUT2D eigenvalue weighted by Gasteiger charge is 2.51. The van der Waals surface area contributed by atoms with Gasteiger partial charge in [-0.25, -0.2) is 4.79 Å². The van der Waals surface area contributed by atoms with Crippen molar-refractivity contribution in [2.24, 2.45) is 17.4 Å². The maximum Gasteiger partial charge on any atom is 0.407 e. The minimum atomic E-state index is -2.42.